The van der Waals surface area contributed by atoms with E-state index in [2.05, 4.69) is 20.8 Å². The second kappa shape index (κ2) is 10.5. The summed E-state index contributed by atoms with van der Waals surface area (Å²) in [6.45, 7) is 6.72. The van der Waals surface area contributed by atoms with Crippen molar-refractivity contribution in [2.75, 3.05) is 0 Å². The predicted octanol–water partition coefficient (Wildman–Crippen LogP) is 6.98. The third-order valence-electron chi connectivity index (χ3n) is 5.55. The van der Waals surface area contributed by atoms with Crippen molar-refractivity contribution in [1.82, 2.24) is 4.90 Å². The van der Waals surface area contributed by atoms with Gasteiger partial charge in [-0.15, -0.1) is 0 Å². The van der Waals surface area contributed by atoms with Crippen molar-refractivity contribution in [1.29, 1.82) is 0 Å². The van der Waals surface area contributed by atoms with Crippen molar-refractivity contribution < 1.29 is 9.53 Å². The fourth-order valence-corrected chi connectivity index (χ4v) is 4.51. The first-order valence-corrected chi connectivity index (χ1v) is 12.0. The molecular weight excluding hydrogens is 428 g/mol. The van der Waals surface area contributed by atoms with Crippen LogP contribution in [0.2, 0.25) is 0 Å². The highest BCUT2D eigenvalue weighted by molar-refractivity contribution is 8.18. The Morgan fingerprint density at radius 2 is 1.70 bits per heavy atom. The predicted molar refractivity (Wildman–Crippen MR) is 138 cm³/mol. The molecule has 3 aromatic rings. The van der Waals surface area contributed by atoms with Crippen molar-refractivity contribution >= 4 is 34.6 Å². The molecule has 3 aromatic carbocycles. The lowest BCUT2D eigenvalue weighted by Crippen LogP contribution is -2.36. The van der Waals surface area contributed by atoms with Crippen LogP contribution in [0.4, 0.5) is 5.69 Å². The van der Waals surface area contributed by atoms with E-state index in [0.717, 1.165) is 34.2 Å². The van der Waals surface area contributed by atoms with Crippen LogP contribution in [-0.4, -0.2) is 22.0 Å². The van der Waals surface area contributed by atoms with Gasteiger partial charge in [-0.3, -0.25) is 9.69 Å². The lowest BCUT2D eigenvalue weighted by atomic mass is 10.2. The van der Waals surface area contributed by atoms with Gasteiger partial charge in [0, 0.05) is 6.04 Å². The highest BCUT2D eigenvalue weighted by Gasteiger charge is 2.36. The van der Waals surface area contributed by atoms with Crippen LogP contribution >= 0.6 is 11.8 Å². The lowest BCUT2D eigenvalue weighted by Gasteiger charge is -2.22. The Hall–Kier alpha value is -3.31. The third-order valence-corrected chi connectivity index (χ3v) is 6.54. The van der Waals surface area contributed by atoms with Crippen molar-refractivity contribution in [3.05, 3.63) is 100 Å². The minimum Gasteiger partial charge on any atom is -0.489 e. The van der Waals surface area contributed by atoms with E-state index < -0.39 is 0 Å². The number of carbonyl (C=O) groups is 1. The molecule has 1 aliphatic heterocycles. The van der Waals surface area contributed by atoms with Gasteiger partial charge in [-0.05, 0) is 73.5 Å². The maximum absolute atomic E-state index is 13.2. The van der Waals surface area contributed by atoms with Gasteiger partial charge in [-0.1, -0.05) is 67.1 Å². The van der Waals surface area contributed by atoms with E-state index in [0.29, 0.717) is 11.5 Å². The zero-order valence-corrected chi connectivity index (χ0v) is 20.0. The highest BCUT2D eigenvalue weighted by atomic mass is 32.2. The number of nitrogens with zero attached hydrogens (tertiary/aromatic N) is 2. The summed E-state index contributed by atoms with van der Waals surface area (Å²) in [5.41, 5.74) is 4.12. The van der Waals surface area contributed by atoms with E-state index in [-0.39, 0.29) is 11.9 Å². The number of hydrogen-bond donors (Lipinski definition) is 0. The topological polar surface area (TPSA) is 41.9 Å². The first kappa shape index (κ1) is 22.9. The highest BCUT2D eigenvalue weighted by Crippen LogP contribution is 2.36. The SMILES string of the molecule is CC[C@H](C)N1C(=O)/C(=C\c2ccc(OCc3ccccc3)cc2)SC1=Nc1ccc(C)cc1. The van der Waals surface area contributed by atoms with E-state index in [1.165, 1.54) is 17.3 Å². The molecule has 1 fully saturated rings. The fraction of sp³-hybridized carbons (Fsp3) is 0.214. The minimum atomic E-state index is 0.00427. The molecule has 0 aliphatic carbocycles. The summed E-state index contributed by atoms with van der Waals surface area (Å²) in [7, 11) is 0. The molecule has 0 unspecified atom stereocenters. The maximum atomic E-state index is 13.2. The number of carbonyl (C=O) groups excluding carboxylic acids is 1. The number of amides is 1. The minimum absolute atomic E-state index is 0.00427. The van der Waals surface area contributed by atoms with Crippen LogP contribution in [0.3, 0.4) is 0 Å². The summed E-state index contributed by atoms with van der Waals surface area (Å²) in [6.07, 6.45) is 2.79. The number of aliphatic imine (C=N–C) groups is 1. The van der Waals surface area contributed by atoms with Gasteiger partial charge >= 0.3 is 0 Å². The molecule has 4 rings (SSSR count). The summed E-state index contributed by atoms with van der Waals surface area (Å²) < 4.78 is 5.87. The molecule has 0 bridgehead atoms. The third kappa shape index (κ3) is 5.74. The number of rotatable bonds is 7. The summed E-state index contributed by atoms with van der Waals surface area (Å²) in [6, 6.07) is 26.0. The lowest BCUT2D eigenvalue weighted by molar-refractivity contribution is -0.123. The monoisotopic (exact) mass is 456 g/mol. The zero-order chi connectivity index (χ0) is 23.2. The van der Waals surface area contributed by atoms with Crippen LogP contribution < -0.4 is 4.74 Å². The molecule has 0 N–H and O–H groups in total. The number of ether oxygens (including phenoxy) is 1. The Kier molecular flexibility index (Phi) is 7.30. The van der Waals surface area contributed by atoms with Gasteiger partial charge in [0.25, 0.3) is 5.91 Å². The van der Waals surface area contributed by atoms with E-state index in [9.17, 15) is 4.79 Å². The maximum Gasteiger partial charge on any atom is 0.266 e. The Balaban J connectivity index is 1.52. The molecule has 5 heteroatoms. The first-order valence-electron chi connectivity index (χ1n) is 11.2. The van der Waals surface area contributed by atoms with Crippen LogP contribution in [0, 0.1) is 6.92 Å². The van der Waals surface area contributed by atoms with Gasteiger partial charge in [-0.25, -0.2) is 4.99 Å². The van der Waals surface area contributed by atoms with Crippen LogP contribution in [0.5, 0.6) is 5.75 Å². The Morgan fingerprint density at radius 3 is 2.36 bits per heavy atom. The van der Waals surface area contributed by atoms with Gasteiger partial charge in [0.05, 0.1) is 10.6 Å². The Bertz CT molecular complexity index is 1150. The zero-order valence-electron chi connectivity index (χ0n) is 19.2. The van der Waals surface area contributed by atoms with Crippen LogP contribution in [0.15, 0.2) is 88.8 Å². The van der Waals surface area contributed by atoms with Gasteiger partial charge in [0.1, 0.15) is 12.4 Å². The molecule has 168 valence electrons. The molecular formula is C28H28N2O2S. The second-order valence-corrected chi connectivity index (χ2v) is 9.13. The Labute approximate surface area is 200 Å². The smallest absolute Gasteiger partial charge is 0.266 e. The molecule has 0 radical (unpaired) electrons. The number of thioether (sulfide) groups is 1. The molecule has 0 spiro atoms. The molecule has 1 amide bonds. The quantitative estimate of drug-likeness (QED) is 0.360. The molecule has 1 atom stereocenters. The van der Waals surface area contributed by atoms with Gasteiger partial charge in [0.15, 0.2) is 5.17 Å². The van der Waals surface area contributed by atoms with Crippen molar-refractivity contribution in [2.24, 2.45) is 4.99 Å². The van der Waals surface area contributed by atoms with Crippen LogP contribution in [-0.2, 0) is 11.4 Å². The molecule has 0 saturated carbocycles. The number of hydrogen-bond acceptors (Lipinski definition) is 4. The van der Waals surface area contributed by atoms with Crippen molar-refractivity contribution in [3.63, 3.8) is 0 Å². The van der Waals surface area contributed by atoms with E-state index in [1.54, 1.807) is 0 Å². The number of benzene rings is 3. The van der Waals surface area contributed by atoms with E-state index in [4.69, 9.17) is 9.73 Å². The number of aryl methyl sites for hydroxylation is 1. The van der Waals surface area contributed by atoms with Gasteiger partial charge in [0.2, 0.25) is 0 Å². The summed E-state index contributed by atoms with van der Waals surface area (Å²) in [5, 5.41) is 0.729. The average molecular weight is 457 g/mol. The molecule has 0 aromatic heterocycles. The second-order valence-electron chi connectivity index (χ2n) is 8.12. The molecule has 1 heterocycles. The van der Waals surface area contributed by atoms with Gasteiger partial charge in [-0.2, -0.15) is 0 Å². The van der Waals surface area contributed by atoms with Crippen LogP contribution in [0.1, 0.15) is 37.0 Å². The van der Waals surface area contributed by atoms with Crippen LogP contribution in [0.25, 0.3) is 6.08 Å². The standard InChI is InChI=1S/C28H28N2O2S/c1-4-21(3)30-27(31)26(33-28(30)29-24-14-10-20(2)11-15-24)18-22-12-16-25(17-13-22)32-19-23-8-6-5-7-9-23/h5-18,21H,4,19H2,1-3H3/b26-18+,29-28?/t21-/m0/s1. The fourth-order valence-electron chi connectivity index (χ4n) is 3.42. The van der Waals surface area contributed by atoms with E-state index >= 15 is 0 Å². The van der Waals surface area contributed by atoms with E-state index in [1.807, 2.05) is 89.8 Å². The first-order chi connectivity index (χ1) is 16.0. The normalized spacial score (nSPS) is 17.1. The van der Waals surface area contributed by atoms with Gasteiger partial charge < -0.3 is 4.74 Å². The molecule has 1 saturated heterocycles. The van der Waals surface area contributed by atoms with Crippen molar-refractivity contribution in [3.8, 4) is 5.75 Å². The van der Waals surface area contributed by atoms with Crippen molar-refractivity contribution in [2.45, 2.75) is 39.8 Å². The number of amidine groups is 1. The molecule has 4 nitrogen and oxygen atoms in total. The molecule has 33 heavy (non-hydrogen) atoms. The molecule has 1 aliphatic rings. The average Bonchev–Trinajstić information content (AvgIpc) is 3.14. The summed E-state index contributed by atoms with van der Waals surface area (Å²) >= 11 is 1.43. The summed E-state index contributed by atoms with van der Waals surface area (Å²) in [5.74, 6) is 0.805. The summed E-state index contributed by atoms with van der Waals surface area (Å²) in [4.78, 5) is 20.5. The largest absolute Gasteiger partial charge is 0.489 e. The Morgan fingerprint density at radius 1 is 1.00 bits per heavy atom.